The number of aryl methyl sites for hydroxylation is 2. The van der Waals surface area contributed by atoms with E-state index >= 15 is 0 Å². The highest BCUT2D eigenvalue weighted by atomic mass is 32.2. The number of amides is 2. The number of piperidine rings is 1. The summed E-state index contributed by atoms with van der Waals surface area (Å²) in [7, 11) is -3.58. The Bertz CT molecular complexity index is 1850. The molecule has 1 fully saturated rings. The number of aromatic nitrogens is 3. The molecule has 0 atom stereocenters. The topological polar surface area (TPSA) is 117 Å². The molecule has 3 aromatic carbocycles. The number of nitrogens with zero attached hydrogens (tertiary/aromatic N) is 5. The van der Waals surface area contributed by atoms with Crippen molar-refractivity contribution in [2.75, 3.05) is 30.3 Å². The van der Waals surface area contributed by atoms with E-state index in [1.165, 1.54) is 45.9 Å². The fourth-order valence-electron chi connectivity index (χ4n) is 6.02. The van der Waals surface area contributed by atoms with Gasteiger partial charge in [-0.25, -0.2) is 8.42 Å². The third-order valence-corrected chi connectivity index (χ3v) is 11.6. The van der Waals surface area contributed by atoms with Gasteiger partial charge in [0.05, 0.1) is 22.9 Å². The van der Waals surface area contributed by atoms with Gasteiger partial charge in [-0.1, -0.05) is 48.5 Å². The maximum absolute atomic E-state index is 13.4. The van der Waals surface area contributed by atoms with Gasteiger partial charge in [-0.15, -0.1) is 10.2 Å². The third-order valence-electron chi connectivity index (χ3n) is 8.73. The number of benzene rings is 3. The molecule has 2 amide bonds. The van der Waals surface area contributed by atoms with E-state index in [4.69, 9.17) is 0 Å². The van der Waals surface area contributed by atoms with E-state index in [2.05, 4.69) is 21.6 Å². The average Bonchev–Trinajstić information content (AvgIpc) is 3.49. The van der Waals surface area contributed by atoms with Gasteiger partial charge in [-0.05, 0) is 92.6 Å². The Balaban J connectivity index is 1.18. The summed E-state index contributed by atoms with van der Waals surface area (Å²) < 4.78 is 29.5. The Labute approximate surface area is 274 Å². The Morgan fingerprint density at radius 3 is 2.37 bits per heavy atom. The standard InChI is InChI=1S/C34H38N6O4S2/c1-24-10-8-14-29(25(24)2)40-31(36-37-34(40)45-23-32(41)39-21-9-12-26-11-4-5-13-30(26)39)22-35-33(42)27-15-17-28(18-16-27)46(43,44)38-19-6-3-7-20-38/h4-5,8,10-11,13-18H,3,6-7,9,12,19-23H2,1-2H3,(H,35,42). The highest BCUT2D eigenvalue weighted by molar-refractivity contribution is 7.99. The maximum atomic E-state index is 13.4. The Kier molecular flexibility index (Phi) is 9.57. The second-order valence-corrected chi connectivity index (χ2v) is 14.6. The first-order valence-corrected chi connectivity index (χ1v) is 18.1. The zero-order valence-corrected chi connectivity index (χ0v) is 27.7. The molecule has 6 rings (SSSR count). The number of fused-ring (bicyclic) bond motifs is 1. The lowest BCUT2D eigenvalue weighted by Crippen LogP contribution is -2.36. The largest absolute Gasteiger partial charge is 0.345 e. The van der Waals surface area contributed by atoms with E-state index in [0.717, 1.165) is 54.6 Å². The summed E-state index contributed by atoms with van der Waals surface area (Å²) in [6.45, 7) is 5.86. The minimum atomic E-state index is -3.58. The van der Waals surface area contributed by atoms with Crippen molar-refractivity contribution in [2.24, 2.45) is 0 Å². The van der Waals surface area contributed by atoms with Crippen LogP contribution in [0.25, 0.3) is 5.69 Å². The molecule has 1 aromatic heterocycles. The van der Waals surface area contributed by atoms with Gasteiger partial charge in [0.1, 0.15) is 0 Å². The molecular formula is C34H38N6O4S2. The van der Waals surface area contributed by atoms with Crippen molar-refractivity contribution in [1.82, 2.24) is 24.4 Å². The molecule has 0 spiro atoms. The molecule has 3 heterocycles. The maximum Gasteiger partial charge on any atom is 0.251 e. The summed E-state index contributed by atoms with van der Waals surface area (Å²) in [6, 6.07) is 20.1. The van der Waals surface area contributed by atoms with Gasteiger partial charge in [0, 0.05) is 30.9 Å². The van der Waals surface area contributed by atoms with Crippen LogP contribution in [-0.2, 0) is 27.8 Å². The van der Waals surface area contributed by atoms with E-state index in [-0.39, 0.29) is 29.0 Å². The van der Waals surface area contributed by atoms with Crippen molar-refractivity contribution in [2.45, 2.75) is 62.5 Å². The Morgan fingerprint density at radius 1 is 0.848 bits per heavy atom. The number of rotatable bonds is 9. The van der Waals surface area contributed by atoms with E-state index in [1.807, 2.05) is 59.7 Å². The monoisotopic (exact) mass is 658 g/mol. The summed E-state index contributed by atoms with van der Waals surface area (Å²) in [4.78, 5) is 28.6. The van der Waals surface area contributed by atoms with Crippen LogP contribution < -0.4 is 10.2 Å². The number of hydrogen-bond acceptors (Lipinski definition) is 7. The molecule has 2 aliphatic rings. The molecule has 10 nitrogen and oxygen atoms in total. The van der Waals surface area contributed by atoms with E-state index in [0.29, 0.717) is 36.2 Å². The second-order valence-electron chi connectivity index (χ2n) is 11.7. The van der Waals surface area contributed by atoms with E-state index in [9.17, 15) is 18.0 Å². The fourth-order valence-corrected chi connectivity index (χ4v) is 8.38. The predicted octanol–water partition coefficient (Wildman–Crippen LogP) is 5.06. The molecule has 4 aromatic rings. The SMILES string of the molecule is Cc1cccc(-n2c(CNC(=O)c3ccc(S(=O)(=O)N4CCCCC4)cc3)nnc2SCC(=O)N2CCCc3ccccc32)c1C. The summed E-state index contributed by atoms with van der Waals surface area (Å²) in [6.07, 6.45) is 4.64. The molecule has 46 heavy (non-hydrogen) atoms. The van der Waals surface area contributed by atoms with Crippen LogP contribution in [0.4, 0.5) is 5.69 Å². The van der Waals surface area contributed by atoms with Gasteiger partial charge >= 0.3 is 0 Å². The second kappa shape index (κ2) is 13.8. The van der Waals surface area contributed by atoms with Gasteiger partial charge in [-0.2, -0.15) is 4.31 Å². The molecule has 1 N–H and O–H groups in total. The van der Waals surface area contributed by atoms with Crippen LogP contribution in [0.2, 0.25) is 0 Å². The zero-order valence-electron chi connectivity index (χ0n) is 26.1. The van der Waals surface area contributed by atoms with Crippen molar-refractivity contribution in [1.29, 1.82) is 0 Å². The molecule has 0 saturated carbocycles. The minimum Gasteiger partial charge on any atom is -0.345 e. The van der Waals surface area contributed by atoms with Gasteiger partial charge in [0.2, 0.25) is 15.9 Å². The number of carbonyl (C=O) groups is 2. The van der Waals surface area contributed by atoms with Crippen LogP contribution in [0.15, 0.2) is 76.8 Å². The number of nitrogens with one attached hydrogen (secondary N) is 1. The van der Waals surface area contributed by atoms with Crippen molar-refractivity contribution in [3.8, 4) is 5.69 Å². The van der Waals surface area contributed by atoms with Crippen molar-refractivity contribution in [3.63, 3.8) is 0 Å². The molecule has 0 aliphatic carbocycles. The fraction of sp³-hybridized carbons (Fsp3) is 0.353. The highest BCUT2D eigenvalue weighted by Crippen LogP contribution is 2.30. The first-order valence-electron chi connectivity index (χ1n) is 15.6. The number of para-hydroxylation sites is 1. The number of sulfonamides is 1. The minimum absolute atomic E-state index is 0.00765. The van der Waals surface area contributed by atoms with Crippen LogP contribution >= 0.6 is 11.8 Å². The molecule has 12 heteroatoms. The molecule has 1 saturated heterocycles. The lowest BCUT2D eigenvalue weighted by molar-refractivity contribution is -0.116. The third kappa shape index (κ3) is 6.60. The van der Waals surface area contributed by atoms with Crippen molar-refractivity contribution in [3.05, 3.63) is 94.8 Å². The molecule has 0 unspecified atom stereocenters. The van der Waals surface area contributed by atoms with Gasteiger partial charge in [-0.3, -0.25) is 14.2 Å². The van der Waals surface area contributed by atoms with Crippen molar-refractivity contribution >= 4 is 39.3 Å². The van der Waals surface area contributed by atoms with Gasteiger partial charge < -0.3 is 10.2 Å². The van der Waals surface area contributed by atoms with Crippen LogP contribution in [0.5, 0.6) is 0 Å². The molecular weight excluding hydrogens is 621 g/mol. The number of thioether (sulfide) groups is 1. The molecule has 0 radical (unpaired) electrons. The summed E-state index contributed by atoms with van der Waals surface area (Å²) >= 11 is 1.32. The molecule has 2 aliphatic heterocycles. The number of hydrogen-bond donors (Lipinski definition) is 1. The van der Waals surface area contributed by atoms with Gasteiger partial charge in [0.15, 0.2) is 11.0 Å². The highest BCUT2D eigenvalue weighted by Gasteiger charge is 2.27. The first kappa shape index (κ1) is 32.0. The van der Waals surface area contributed by atoms with Crippen LogP contribution in [-0.4, -0.2) is 64.7 Å². The summed E-state index contributed by atoms with van der Waals surface area (Å²) in [5, 5.41) is 12.3. The number of anilines is 1. The van der Waals surface area contributed by atoms with Crippen LogP contribution in [0.1, 0.15) is 58.6 Å². The van der Waals surface area contributed by atoms with Gasteiger partial charge in [0.25, 0.3) is 5.91 Å². The first-order chi connectivity index (χ1) is 22.2. The number of carbonyl (C=O) groups excluding carboxylic acids is 2. The zero-order chi connectivity index (χ0) is 32.3. The molecule has 240 valence electrons. The summed E-state index contributed by atoms with van der Waals surface area (Å²) in [5.74, 6) is 0.361. The van der Waals surface area contributed by atoms with Crippen LogP contribution in [0, 0.1) is 13.8 Å². The van der Waals surface area contributed by atoms with E-state index in [1.54, 1.807) is 0 Å². The normalized spacial score (nSPS) is 15.4. The molecule has 0 bridgehead atoms. The lowest BCUT2D eigenvalue weighted by Gasteiger charge is -2.29. The predicted molar refractivity (Wildman–Crippen MR) is 179 cm³/mol. The van der Waals surface area contributed by atoms with E-state index < -0.39 is 10.0 Å². The lowest BCUT2D eigenvalue weighted by atomic mass is 10.0. The smallest absolute Gasteiger partial charge is 0.251 e. The Hall–Kier alpha value is -4.00. The van der Waals surface area contributed by atoms with Crippen LogP contribution in [0.3, 0.4) is 0 Å². The average molecular weight is 659 g/mol. The summed E-state index contributed by atoms with van der Waals surface area (Å²) in [5.41, 5.74) is 5.51. The van der Waals surface area contributed by atoms with Crippen molar-refractivity contribution < 1.29 is 18.0 Å². The Morgan fingerprint density at radius 2 is 1.59 bits per heavy atom. The quantitative estimate of drug-likeness (QED) is 0.250.